The van der Waals surface area contributed by atoms with Gasteiger partial charge in [-0.2, -0.15) is 5.10 Å². The molecule has 1 aliphatic rings. The van der Waals surface area contributed by atoms with Crippen molar-refractivity contribution in [1.82, 2.24) is 29.2 Å². The lowest BCUT2D eigenvalue weighted by Gasteiger charge is -2.29. The van der Waals surface area contributed by atoms with E-state index in [1.165, 1.54) is 0 Å². The minimum atomic E-state index is 0.0622. The third-order valence-electron chi connectivity index (χ3n) is 7.73. The minimum Gasteiger partial charge on any atom is -0.495 e. The van der Waals surface area contributed by atoms with Crippen LogP contribution in [-0.2, 0) is 13.6 Å². The number of benzene rings is 2. The lowest BCUT2D eigenvalue weighted by molar-refractivity contribution is 0.0674. The normalized spacial score (nSPS) is 13.7. The van der Waals surface area contributed by atoms with Crippen LogP contribution in [0.15, 0.2) is 73.2 Å². The van der Waals surface area contributed by atoms with Crippen molar-refractivity contribution in [1.29, 1.82) is 0 Å². The van der Waals surface area contributed by atoms with E-state index in [-0.39, 0.29) is 11.9 Å². The number of carbonyl (C=O) groups is 1. The second-order valence-corrected chi connectivity index (χ2v) is 10.6. The fraction of sp³-hybridized carbons (Fsp3) is 0.290. The van der Waals surface area contributed by atoms with Crippen LogP contribution < -0.4 is 4.74 Å². The Morgan fingerprint density at radius 2 is 1.85 bits per heavy atom. The van der Waals surface area contributed by atoms with Crippen molar-refractivity contribution in [3.8, 4) is 28.5 Å². The van der Waals surface area contributed by atoms with Gasteiger partial charge in [0.1, 0.15) is 5.75 Å². The summed E-state index contributed by atoms with van der Waals surface area (Å²) in [6.45, 7) is 1.01. The summed E-state index contributed by atoms with van der Waals surface area (Å²) < 4.78 is 9.26. The lowest BCUT2D eigenvalue weighted by atomic mass is 10.1. The zero-order valence-corrected chi connectivity index (χ0v) is 23.4. The van der Waals surface area contributed by atoms with E-state index in [9.17, 15) is 4.79 Å². The van der Waals surface area contributed by atoms with E-state index in [4.69, 9.17) is 26.4 Å². The lowest BCUT2D eigenvalue weighted by Crippen LogP contribution is -2.41. The number of nitrogens with zero attached hydrogens (tertiary/aromatic N) is 6. The summed E-state index contributed by atoms with van der Waals surface area (Å²) in [7, 11) is 3.58. The first-order chi connectivity index (χ1) is 19.5. The molecule has 1 amide bonds. The van der Waals surface area contributed by atoms with Crippen LogP contribution in [0.2, 0.25) is 5.02 Å². The average Bonchev–Trinajstić information content (AvgIpc) is 3.74. The minimum absolute atomic E-state index is 0.0622. The maximum absolute atomic E-state index is 14.1. The molecule has 0 aliphatic heterocycles. The second kappa shape index (κ2) is 11.1. The summed E-state index contributed by atoms with van der Waals surface area (Å²) in [5, 5.41) is 6.35. The summed E-state index contributed by atoms with van der Waals surface area (Å²) in [6.07, 6.45) is 9.70. The van der Waals surface area contributed by atoms with Gasteiger partial charge >= 0.3 is 0 Å². The number of pyridine rings is 1. The SMILES string of the molecule is COc1ccc(-c2nc(-c3ccncc3)nn2CCN(C(=O)c2cn(C)c3ccccc23)C2CCCC2)cc1Cl. The molecule has 0 saturated heterocycles. The number of amides is 1. The zero-order valence-electron chi connectivity index (χ0n) is 22.6. The van der Waals surface area contributed by atoms with Crippen LogP contribution in [0.3, 0.4) is 0 Å². The van der Waals surface area contributed by atoms with E-state index in [1.807, 2.05) is 82.0 Å². The fourth-order valence-electron chi connectivity index (χ4n) is 5.68. The number of ether oxygens (including phenoxy) is 1. The van der Waals surface area contributed by atoms with E-state index in [0.717, 1.165) is 53.3 Å². The van der Waals surface area contributed by atoms with Gasteiger partial charge in [0.25, 0.3) is 5.91 Å². The van der Waals surface area contributed by atoms with Gasteiger partial charge < -0.3 is 14.2 Å². The van der Waals surface area contributed by atoms with Gasteiger partial charge in [0.2, 0.25) is 0 Å². The van der Waals surface area contributed by atoms with Gasteiger partial charge in [-0.15, -0.1) is 0 Å². The molecule has 2 aromatic carbocycles. The van der Waals surface area contributed by atoms with E-state index in [0.29, 0.717) is 35.5 Å². The number of carbonyl (C=O) groups excluding carboxylic acids is 1. The van der Waals surface area contributed by atoms with Crippen LogP contribution >= 0.6 is 11.6 Å². The third-order valence-corrected chi connectivity index (χ3v) is 8.02. The molecule has 0 N–H and O–H groups in total. The molecular formula is C31H31ClN6O2. The Labute approximate surface area is 238 Å². The second-order valence-electron chi connectivity index (χ2n) is 10.2. The highest BCUT2D eigenvalue weighted by Crippen LogP contribution is 2.32. The number of methoxy groups -OCH3 is 1. The molecule has 5 aromatic rings. The topological polar surface area (TPSA) is 78.1 Å². The summed E-state index contributed by atoms with van der Waals surface area (Å²) in [5.41, 5.74) is 3.48. The number of rotatable bonds is 8. The zero-order chi connectivity index (χ0) is 27.6. The number of hydrogen-bond donors (Lipinski definition) is 0. The number of halogens is 1. The molecule has 0 bridgehead atoms. The molecule has 9 heteroatoms. The number of aryl methyl sites for hydroxylation is 1. The van der Waals surface area contributed by atoms with Crippen molar-refractivity contribution >= 4 is 28.4 Å². The summed E-state index contributed by atoms with van der Waals surface area (Å²) in [6, 6.07) is 17.6. The highest BCUT2D eigenvalue weighted by molar-refractivity contribution is 6.32. The van der Waals surface area contributed by atoms with Crippen LogP contribution in [-0.4, -0.2) is 54.8 Å². The van der Waals surface area contributed by atoms with Gasteiger partial charge in [0, 0.05) is 60.3 Å². The number of aromatic nitrogens is 5. The molecule has 3 aromatic heterocycles. The van der Waals surface area contributed by atoms with E-state index < -0.39 is 0 Å². The molecule has 8 nitrogen and oxygen atoms in total. The molecule has 1 saturated carbocycles. The first-order valence-electron chi connectivity index (χ1n) is 13.6. The van der Waals surface area contributed by atoms with Crippen LogP contribution in [0.5, 0.6) is 5.75 Å². The van der Waals surface area contributed by atoms with Crippen LogP contribution in [0.25, 0.3) is 33.7 Å². The summed E-state index contributed by atoms with van der Waals surface area (Å²) in [4.78, 5) is 25.2. The van der Waals surface area contributed by atoms with Crippen molar-refractivity contribution in [3.63, 3.8) is 0 Å². The van der Waals surface area contributed by atoms with Crippen molar-refractivity contribution in [2.45, 2.75) is 38.3 Å². The maximum atomic E-state index is 14.1. The molecule has 6 rings (SSSR count). The van der Waals surface area contributed by atoms with E-state index in [1.54, 1.807) is 19.5 Å². The molecule has 1 aliphatic carbocycles. The van der Waals surface area contributed by atoms with Gasteiger partial charge in [-0.3, -0.25) is 9.78 Å². The Morgan fingerprint density at radius 3 is 2.60 bits per heavy atom. The number of fused-ring (bicyclic) bond motifs is 1. The molecule has 0 atom stereocenters. The van der Waals surface area contributed by atoms with Gasteiger partial charge in [-0.25, -0.2) is 9.67 Å². The molecule has 40 heavy (non-hydrogen) atoms. The Hall–Kier alpha value is -4.17. The van der Waals surface area contributed by atoms with E-state index >= 15 is 0 Å². The smallest absolute Gasteiger partial charge is 0.256 e. The third kappa shape index (κ3) is 4.95. The van der Waals surface area contributed by atoms with Crippen molar-refractivity contribution in [3.05, 3.63) is 83.8 Å². The molecule has 0 radical (unpaired) electrons. The van der Waals surface area contributed by atoms with E-state index in [2.05, 4.69) is 4.98 Å². The van der Waals surface area contributed by atoms with Gasteiger partial charge in [0.05, 0.1) is 24.2 Å². The number of para-hydroxylation sites is 1. The van der Waals surface area contributed by atoms with Gasteiger partial charge in [-0.1, -0.05) is 42.6 Å². The quantitative estimate of drug-likeness (QED) is 0.227. The van der Waals surface area contributed by atoms with Crippen molar-refractivity contribution < 1.29 is 9.53 Å². The Balaban J connectivity index is 1.36. The average molecular weight is 555 g/mol. The Morgan fingerprint density at radius 1 is 1.07 bits per heavy atom. The predicted octanol–water partition coefficient (Wildman–Crippen LogP) is 6.25. The highest BCUT2D eigenvalue weighted by Gasteiger charge is 2.29. The van der Waals surface area contributed by atoms with Crippen LogP contribution in [0, 0.1) is 0 Å². The molecule has 204 valence electrons. The van der Waals surface area contributed by atoms with Gasteiger partial charge in [0.15, 0.2) is 11.6 Å². The molecule has 1 fully saturated rings. The standard InChI is InChI=1S/C31H31ClN6O2/c1-36-20-25(24-9-5-6-10-27(24)36)31(39)37(23-7-3-4-8-23)17-18-38-30(22-11-12-28(40-2)26(32)19-22)34-29(35-38)21-13-15-33-16-14-21/h5-6,9-16,19-20,23H,3-4,7-8,17-18H2,1-2H3. The maximum Gasteiger partial charge on any atom is 0.256 e. The Kier molecular flexibility index (Phi) is 7.26. The van der Waals surface area contributed by atoms with Crippen molar-refractivity contribution in [2.75, 3.05) is 13.7 Å². The molecule has 0 spiro atoms. The van der Waals surface area contributed by atoms with Crippen molar-refractivity contribution in [2.24, 2.45) is 7.05 Å². The monoisotopic (exact) mass is 554 g/mol. The first-order valence-corrected chi connectivity index (χ1v) is 14.0. The highest BCUT2D eigenvalue weighted by atomic mass is 35.5. The summed E-state index contributed by atoms with van der Waals surface area (Å²) in [5.74, 6) is 1.93. The molecular weight excluding hydrogens is 524 g/mol. The predicted molar refractivity (Wildman–Crippen MR) is 156 cm³/mol. The number of hydrogen-bond acceptors (Lipinski definition) is 5. The largest absolute Gasteiger partial charge is 0.495 e. The van der Waals surface area contributed by atoms with Crippen LogP contribution in [0.4, 0.5) is 0 Å². The molecule has 0 unspecified atom stereocenters. The first kappa shape index (κ1) is 26.1. The summed E-state index contributed by atoms with van der Waals surface area (Å²) >= 11 is 6.48. The Bertz CT molecular complexity index is 1660. The van der Waals surface area contributed by atoms with Gasteiger partial charge in [-0.05, 0) is 49.2 Å². The fourth-order valence-corrected chi connectivity index (χ4v) is 5.93. The molecule has 3 heterocycles. The van der Waals surface area contributed by atoms with Crippen LogP contribution in [0.1, 0.15) is 36.0 Å².